The minimum atomic E-state index is -3.25. The summed E-state index contributed by atoms with van der Waals surface area (Å²) in [6, 6.07) is 14.1. The van der Waals surface area contributed by atoms with Crippen molar-refractivity contribution in [2.75, 3.05) is 19.3 Å². The largest absolute Gasteiger partial charge is 0.339 e. The second-order valence-electron chi connectivity index (χ2n) is 7.63. The summed E-state index contributed by atoms with van der Waals surface area (Å²) in [6.07, 6.45) is 2.68. The van der Waals surface area contributed by atoms with Crippen molar-refractivity contribution in [1.82, 2.24) is 15.0 Å². The topological polar surface area (TPSA) is 93.4 Å². The van der Waals surface area contributed by atoms with Crippen molar-refractivity contribution in [2.45, 2.75) is 30.6 Å². The summed E-state index contributed by atoms with van der Waals surface area (Å²) in [4.78, 5) is 19.4. The van der Waals surface area contributed by atoms with Crippen LogP contribution in [0, 0.1) is 6.92 Å². The van der Waals surface area contributed by atoms with Crippen LogP contribution in [0.2, 0.25) is 0 Å². The highest BCUT2D eigenvalue weighted by molar-refractivity contribution is 7.90. The normalized spacial score (nSPS) is 15.3. The minimum Gasteiger partial charge on any atom is -0.339 e. The number of sulfone groups is 1. The highest BCUT2D eigenvalue weighted by atomic mass is 32.2. The lowest BCUT2D eigenvalue weighted by Gasteiger charge is -2.30. The predicted molar refractivity (Wildman–Crippen MR) is 112 cm³/mol. The molecule has 4 rings (SSSR count). The summed E-state index contributed by atoms with van der Waals surface area (Å²) >= 11 is 0. The molecule has 1 aromatic heterocycles. The summed E-state index contributed by atoms with van der Waals surface area (Å²) in [7, 11) is -3.25. The average molecular weight is 426 g/mol. The van der Waals surface area contributed by atoms with E-state index in [4.69, 9.17) is 4.52 Å². The molecule has 2 aromatic carbocycles. The van der Waals surface area contributed by atoms with Crippen LogP contribution in [0.15, 0.2) is 57.9 Å². The van der Waals surface area contributed by atoms with Gasteiger partial charge in [0.2, 0.25) is 11.7 Å². The van der Waals surface area contributed by atoms with Gasteiger partial charge in [0.15, 0.2) is 9.84 Å². The number of hydrogen-bond acceptors (Lipinski definition) is 6. The van der Waals surface area contributed by atoms with Crippen molar-refractivity contribution in [2.24, 2.45) is 0 Å². The Morgan fingerprint density at radius 3 is 2.37 bits per heavy atom. The average Bonchev–Trinajstić information content (AvgIpc) is 3.23. The molecule has 8 heteroatoms. The number of hydrogen-bond donors (Lipinski definition) is 0. The van der Waals surface area contributed by atoms with Gasteiger partial charge in [-0.1, -0.05) is 23.4 Å². The van der Waals surface area contributed by atoms with Gasteiger partial charge < -0.3 is 9.42 Å². The van der Waals surface area contributed by atoms with Crippen LogP contribution < -0.4 is 0 Å². The van der Waals surface area contributed by atoms with Crippen molar-refractivity contribution >= 4 is 15.7 Å². The van der Waals surface area contributed by atoms with Crippen molar-refractivity contribution in [3.05, 3.63) is 65.5 Å². The standard InChI is InChI=1S/C22H23N3O4S/c1-15-5-3-4-6-19(15)22(26)25-13-11-17(12-14-25)21-23-20(24-29-21)16-7-9-18(10-8-16)30(2,27)28/h3-10,17H,11-14H2,1-2H3. The molecule has 0 bridgehead atoms. The fourth-order valence-corrected chi connectivity index (χ4v) is 4.31. The second-order valence-corrected chi connectivity index (χ2v) is 9.65. The number of carbonyl (C=O) groups excluding carboxylic acids is 1. The summed E-state index contributed by atoms with van der Waals surface area (Å²) in [5.41, 5.74) is 2.42. The number of piperidine rings is 1. The first kappa shape index (κ1) is 20.3. The number of benzene rings is 2. The molecule has 3 aromatic rings. The maximum absolute atomic E-state index is 12.8. The SMILES string of the molecule is Cc1ccccc1C(=O)N1CCC(c2nc(-c3ccc(S(C)(=O)=O)cc3)no2)CC1. The highest BCUT2D eigenvalue weighted by Gasteiger charge is 2.28. The Bertz CT molecular complexity index is 1160. The fraction of sp³-hybridized carbons (Fsp3) is 0.318. The maximum atomic E-state index is 12.8. The lowest BCUT2D eigenvalue weighted by molar-refractivity contribution is 0.0704. The summed E-state index contributed by atoms with van der Waals surface area (Å²) < 4.78 is 28.7. The van der Waals surface area contributed by atoms with E-state index in [9.17, 15) is 13.2 Å². The van der Waals surface area contributed by atoms with Gasteiger partial charge in [0.05, 0.1) is 4.90 Å². The van der Waals surface area contributed by atoms with Crippen LogP contribution in [-0.4, -0.2) is 48.7 Å². The quantitative estimate of drug-likeness (QED) is 0.635. The first-order valence-electron chi connectivity index (χ1n) is 9.82. The molecule has 1 aliphatic heterocycles. The van der Waals surface area contributed by atoms with Gasteiger partial charge in [-0.25, -0.2) is 8.42 Å². The second kappa shape index (κ2) is 8.02. The fourth-order valence-electron chi connectivity index (χ4n) is 3.68. The third kappa shape index (κ3) is 4.14. The van der Waals surface area contributed by atoms with E-state index in [-0.39, 0.29) is 16.7 Å². The summed E-state index contributed by atoms with van der Waals surface area (Å²) in [5, 5.41) is 4.05. The van der Waals surface area contributed by atoms with Gasteiger partial charge in [-0.15, -0.1) is 0 Å². The Labute approximate surface area is 175 Å². The van der Waals surface area contributed by atoms with E-state index in [1.165, 1.54) is 18.4 Å². The molecule has 7 nitrogen and oxygen atoms in total. The van der Waals surface area contributed by atoms with E-state index in [1.807, 2.05) is 36.1 Å². The summed E-state index contributed by atoms with van der Waals surface area (Å²) in [5.74, 6) is 1.15. The van der Waals surface area contributed by atoms with E-state index in [0.29, 0.717) is 30.4 Å². The number of rotatable bonds is 4. The van der Waals surface area contributed by atoms with Gasteiger partial charge in [-0.05, 0) is 55.7 Å². The van der Waals surface area contributed by atoms with Crippen LogP contribution in [-0.2, 0) is 9.84 Å². The molecule has 1 amide bonds. The summed E-state index contributed by atoms with van der Waals surface area (Å²) in [6.45, 7) is 3.22. The number of amides is 1. The molecule has 0 radical (unpaired) electrons. The zero-order valence-corrected chi connectivity index (χ0v) is 17.7. The Morgan fingerprint density at radius 1 is 1.07 bits per heavy atom. The molecular formula is C22H23N3O4S. The lowest BCUT2D eigenvalue weighted by atomic mass is 9.96. The van der Waals surface area contributed by atoms with Gasteiger partial charge in [0.25, 0.3) is 5.91 Å². The van der Waals surface area contributed by atoms with Gasteiger partial charge in [-0.2, -0.15) is 4.98 Å². The molecule has 1 fully saturated rings. The molecule has 0 aliphatic carbocycles. The third-order valence-electron chi connectivity index (χ3n) is 5.49. The van der Waals surface area contributed by atoms with Crippen molar-refractivity contribution in [1.29, 1.82) is 0 Å². The number of carbonyl (C=O) groups is 1. The first-order chi connectivity index (χ1) is 14.3. The number of nitrogens with zero attached hydrogens (tertiary/aromatic N) is 3. The van der Waals surface area contributed by atoms with E-state index >= 15 is 0 Å². The molecule has 0 atom stereocenters. The van der Waals surface area contributed by atoms with Gasteiger partial charge in [-0.3, -0.25) is 4.79 Å². The van der Waals surface area contributed by atoms with Crippen LogP contribution >= 0.6 is 0 Å². The van der Waals surface area contributed by atoms with E-state index < -0.39 is 9.84 Å². The zero-order chi connectivity index (χ0) is 21.3. The van der Waals surface area contributed by atoms with E-state index in [1.54, 1.807) is 12.1 Å². The smallest absolute Gasteiger partial charge is 0.254 e. The van der Waals surface area contributed by atoms with Crippen molar-refractivity contribution < 1.29 is 17.7 Å². The Kier molecular flexibility index (Phi) is 5.42. The third-order valence-corrected chi connectivity index (χ3v) is 6.62. The van der Waals surface area contributed by atoms with E-state index in [0.717, 1.165) is 24.0 Å². The molecule has 30 heavy (non-hydrogen) atoms. The molecule has 0 N–H and O–H groups in total. The van der Waals surface area contributed by atoms with E-state index in [2.05, 4.69) is 10.1 Å². The van der Waals surface area contributed by atoms with Crippen molar-refractivity contribution in [3.8, 4) is 11.4 Å². The van der Waals surface area contributed by atoms with Crippen LogP contribution in [0.1, 0.15) is 40.6 Å². The highest BCUT2D eigenvalue weighted by Crippen LogP contribution is 2.29. The van der Waals surface area contributed by atoms with Gasteiger partial charge >= 0.3 is 0 Å². The molecular weight excluding hydrogens is 402 g/mol. The predicted octanol–water partition coefficient (Wildman–Crippen LogP) is 3.47. The molecule has 0 unspecified atom stereocenters. The maximum Gasteiger partial charge on any atom is 0.254 e. The molecule has 156 valence electrons. The van der Waals surface area contributed by atoms with Crippen LogP contribution in [0.3, 0.4) is 0 Å². The Morgan fingerprint density at radius 2 is 1.73 bits per heavy atom. The first-order valence-corrected chi connectivity index (χ1v) is 11.7. The monoisotopic (exact) mass is 425 g/mol. The van der Waals surface area contributed by atoms with Gasteiger partial charge in [0.1, 0.15) is 0 Å². The molecule has 2 heterocycles. The Balaban J connectivity index is 1.42. The molecule has 1 aliphatic rings. The number of aryl methyl sites for hydroxylation is 1. The molecule has 1 saturated heterocycles. The van der Waals surface area contributed by atoms with Crippen LogP contribution in [0.25, 0.3) is 11.4 Å². The minimum absolute atomic E-state index is 0.0590. The number of likely N-dealkylation sites (tertiary alicyclic amines) is 1. The number of aromatic nitrogens is 2. The van der Waals surface area contributed by atoms with Crippen LogP contribution in [0.5, 0.6) is 0 Å². The van der Waals surface area contributed by atoms with Crippen LogP contribution in [0.4, 0.5) is 0 Å². The molecule has 0 spiro atoms. The zero-order valence-electron chi connectivity index (χ0n) is 16.9. The van der Waals surface area contributed by atoms with Crippen molar-refractivity contribution in [3.63, 3.8) is 0 Å². The lowest BCUT2D eigenvalue weighted by Crippen LogP contribution is -2.38. The van der Waals surface area contributed by atoms with Gasteiger partial charge in [0, 0.05) is 36.4 Å². The molecule has 0 saturated carbocycles. The Hall–Kier alpha value is -3.00.